The molecule has 0 atom stereocenters. The lowest BCUT2D eigenvalue weighted by molar-refractivity contribution is 0.0952. The van der Waals surface area contributed by atoms with Crippen molar-refractivity contribution in [1.82, 2.24) is 15.2 Å². The van der Waals surface area contributed by atoms with Gasteiger partial charge in [0, 0.05) is 55.6 Å². The number of anilines is 1. The van der Waals surface area contributed by atoms with Crippen molar-refractivity contribution in [2.75, 3.05) is 58.4 Å². The molecule has 4 aromatic rings. The minimum Gasteiger partial charge on any atom is -0.496 e. The van der Waals surface area contributed by atoms with Crippen molar-refractivity contribution in [2.24, 2.45) is 0 Å². The number of unbranched alkanes of at least 4 members (excludes halogenated alkanes) is 1. The van der Waals surface area contributed by atoms with Crippen LogP contribution in [0.1, 0.15) is 23.2 Å². The zero-order chi connectivity index (χ0) is 28.4. The third-order valence-corrected chi connectivity index (χ3v) is 7.61. The number of pyridine rings is 1. The van der Waals surface area contributed by atoms with E-state index in [4.69, 9.17) is 9.47 Å². The number of aromatic nitrogens is 1. The summed E-state index contributed by atoms with van der Waals surface area (Å²) in [7, 11) is 3.43. The highest BCUT2D eigenvalue weighted by atomic mass is 16.5. The SMILES string of the molecule is COc1ccccc1-c1ccc(N2CCN(CCCCNC(=O)c3ccc(-c4ccccn4)cc3)CC2)c(OC)c1. The second-order valence-corrected chi connectivity index (χ2v) is 10.2. The molecule has 0 spiro atoms. The van der Waals surface area contributed by atoms with Gasteiger partial charge in [0.05, 0.1) is 25.6 Å². The van der Waals surface area contributed by atoms with Gasteiger partial charge in [0.1, 0.15) is 11.5 Å². The smallest absolute Gasteiger partial charge is 0.251 e. The summed E-state index contributed by atoms with van der Waals surface area (Å²) in [5.41, 5.74) is 5.84. The summed E-state index contributed by atoms with van der Waals surface area (Å²) >= 11 is 0. The molecular formula is C34H38N4O3. The summed E-state index contributed by atoms with van der Waals surface area (Å²) in [5.74, 6) is 1.70. The molecule has 1 N–H and O–H groups in total. The molecule has 2 heterocycles. The molecule has 1 aliphatic rings. The molecular weight excluding hydrogens is 512 g/mol. The van der Waals surface area contributed by atoms with Crippen LogP contribution in [0.15, 0.2) is 91.1 Å². The van der Waals surface area contributed by atoms with Crippen molar-refractivity contribution in [1.29, 1.82) is 0 Å². The van der Waals surface area contributed by atoms with Crippen LogP contribution in [-0.4, -0.2) is 69.3 Å². The Hall–Kier alpha value is -4.36. The molecule has 0 aliphatic carbocycles. The molecule has 5 rings (SSSR count). The normalized spacial score (nSPS) is 13.6. The summed E-state index contributed by atoms with van der Waals surface area (Å²) in [6.07, 6.45) is 3.78. The van der Waals surface area contributed by atoms with Gasteiger partial charge in [-0.2, -0.15) is 0 Å². The van der Waals surface area contributed by atoms with Crippen molar-refractivity contribution in [3.05, 3.63) is 96.7 Å². The molecule has 0 bridgehead atoms. The Morgan fingerprint density at radius 1 is 0.805 bits per heavy atom. The van der Waals surface area contributed by atoms with Crippen LogP contribution in [0.25, 0.3) is 22.4 Å². The highest BCUT2D eigenvalue weighted by molar-refractivity contribution is 5.94. The summed E-state index contributed by atoms with van der Waals surface area (Å²) in [4.78, 5) is 21.8. The van der Waals surface area contributed by atoms with Crippen molar-refractivity contribution >= 4 is 11.6 Å². The number of hydrogen-bond donors (Lipinski definition) is 1. The molecule has 1 amide bonds. The van der Waals surface area contributed by atoms with E-state index < -0.39 is 0 Å². The van der Waals surface area contributed by atoms with E-state index in [1.165, 1.54) is 0 Å². The first-order chi connectivity index (χ1) is 20.2. The first kappa shape index (κ1) is 28.2. The van der Waals surface area contributed by atoms with E-state index in [9.17, 15) is 4.79 Å². The molecule has 7 heteroatoms. The predicted molar refractivity (Wildman–Crippen MR) is 165 cm³/mol. The van der Waals surface area contributed by atoms with Crippen molar-refractivity contribution in [2.45, 2.75) is 12.8 Å². The van der Waals surface area contributed by atoms with Crippen LogP contribution < -0.4 is 19.7 Å². The quantitative estimate of drug-likeness (QED) is 0.239. The van der Waals surface area contributed by atoms with E-state index >= 15 is 0 Å². The lowest BCUT2D eigenvalue weighted by Crippen LogP contribution is -2.46. The molecule has 0 radical (unpaired) electrons. The fourth-order valence-corrected chi connectivity index (χ4v) is 5.29. The summed E-state index contributed by atoms with van der Waals surface area (Å²) in [6, 6.07) is 27.9. The minimum atomic E-state index is -0.0307. The number of rotatable bonds is 11. The van der Waals surface area contributed by atoms with Gasteiger partial charge in [-0.25, -0.2) is 0 Å². The number of nitrogens with one attached hydrogen (secondary N) is 1. The second-order valence-electron chi connectivity index (χ2n) is 10.2. The predicted octanol–water partition coefficient (Wildman–Crippen LogP) is 5.77. The molecule has 7 nitrogen and oxygen atoms in total. The van der Waals surface area contributed by atoms with Gasteiger partial charge in [-0.3, -0.25) is 14.7 Å². The van der Waals surface area contributed by atoms with Crippen LogP contribution in [0.4, 0.5) is 5.69 Å². The van der Waals surface area contributed by atoms with Crippen LogP contribution >= 0.6 is 0 Å². The first-order valence-corrected chi connectivity index (χ1v) is 14.2. The lowest BCUT2D eigenvalue weighted by Gasteiger charge is -2.36. The molecule has 212 valence electrons. The Morgan fingerprint density at radius 2 is 1.54 bits per heavy atom. The van der Waals surface area contributed by atoms with Crippen LogP contribution in [0.3, 0.4) is 0 Å². The minimum absolute atomic E-state index is 0.0307. The molecule has 41 heavy (non-hydrogen) atoms. The number of benzene rings is 3. The number of carbonyl (C=O) groups is 1. The van der Waals surface area contributed by atoms with Gasteiger partial charge in [0.15, 0.2) is 0 Å². The Balaban J connectivity index is 1.04. The fraction of sp³-hybridized carbons (Fsp3) is 0.294. The second kappa shape index (κ2) is 13.8. The van der Waals surface area contributed by atoms with Crippen LogP contribution in [-0.2, 0) is 0 Å². The van der Waals surface area contributed by atoms with Gasteiger partial charge < -0.3 is 19.7 Å². The largest absolute Gasteiger partial charge is 0.496 e. The van der Waals surface area contributed by atoms with E-state index in [-0.39, 0.29) is 5.91 Å². The Bertz CT molecular complexity index is 1420. The van der Waals surface area contributed by atoms with E-state index in [0.29, 0.717) is 12.1 Å². The topological polar surface area (TPSA) is 66.9 Å². The number of para-hydroxylation sites is 1. The maximum Gasteiger partial charge on any atom is 0.251 e. The van der Waals surface area contributed by atoms with Crippen LogP contribution in [0.2, 0.25) is 0 Å². The van der Waals surface area contributed by atoms with Gasteiger partial charge in [0.25, 0.3) is 5.91 Å². The average Bonchev–Trinajstić information content (AvgIpc) is 3.05. The van der Waals surface area contributed by atoms with Crippen LogP contribution in [0, 0.1) is 0 Å². The van der Waals surface area contributed by atoms with E-state index in [0.717, 1.165) is 85.1 Å². The Morgan fingerprint density at radius 3 is 2.27 bits per heavy atom. The van der Waals surface area contributed by atoms with E-state index in [2.05, 4.69) is 44.4 Å². The number of nitrogens with zero attached hydrogens (tertiary/aromatic N) is 3. The maximum atomic E-state index is 12.6. The summed E-state index contributed by atoms with van der Waals surface area (Å²) in [5, 5.41) is 3.06. The van der Waals surface area contributed by atoms with Crippen molar-refractivity contribution in [3.63, 3.8) is 0 Å². The third-order valence-electron chi connectivity index (χ3n) is 7.61. The maximum absolute atomic E-state index is 12.6. The lowest BCUT2D eigenvalue weighted by atomic mass is 10.0. The van der Waals surface area contributed by atoms with Gasteiger partial charge in [-0.15, -0.1) is 0 Å². The first-order valence-electron chi connectivity index (χ1n) is 14.2. The van der Waals surface area contributed by atoms with E-state index in [1.807, 2.05) is 60.7 Å². The van der Waals surface area contributed by atoms with Crippen LogP contribution in [0.5, 0.6) is 11.5 Å². The Kier molecular flexibility index (Phi) is 9.49. The molecule has 1 aliphatic heterocycles. The number of piperazine rings is 1. The zero-order valence-corrected chi connectivity index (χ0v) is 23.9. The molecule has 0 saturated carbocycles. The molecule has 1 saturated heterocycles. The monoisotopic (exact) mass is 550 g/mol. The van der Waals surface area contributed by atoms with Gasteiger partial charge in [0.2, 0.25) is 0 Å². The number of ether oxygens (including phenoxy) is 2. The highest BCUT2D eigenvalue weighted by Crippen LogP contribution is 2.37. The Labute approximate surface area is 242 Å². The molecule has 1 fully saturated rings. The number of methoxy groups -OCH3 is 2. The van der Waals surface area contributed by atoms with Gasteiger partial charge in [-0.05, 0) is 67.4 Å². The zero-order valence-electron chi connectivity index (χ0n) is 23.9. The van der Waals surface area contributed by atoms with Gasteiger partial charge in [-0.1, -0.05) is 42.5 Å². The van der Waals surface area contributed by atoms with Gasteiger partial charge >= 0.3 is 0 Å². The highest BCUT2D eigenvalue weighted by Gasteiger charge is 2.20. The van der Waals surface area contributed by atoms with Crippen molar-refractivity contribution in [3.8, 4) is 33.9 Å². The molecule has 1 aromatic heterocycles. The van der Waals surface area contributed by atoms with Crippen molar-refractivity contribution < 1.29 is 14.3 Å². The third kappa shape index (κ3) is 7.05. The summed E-state index contributed by atoms with van der Waals surface area (Å²) in [6.45, 7) is 5.63. The summed E-state index contributed by atoms with van der Waals surface area (Å²) < 4.78 is 11.3. The number of hydrogen-bond acceptors (Lipinski definition) is 6. The number of carbonyl (C=O) groups excluding carboxylic acids is 1. The van der Waals surface area contributed by atoms with E-state index in [1.54, 1.807) is 20.4 Å². The number of amides is 1. The fourth-order valence-electron chi connectivity index (χ4n) is 5.29. The standard InChI is InChI=1S/C34H38N4O3/c1-40-32-11-4-3-9-29(32)28-16-17-31(33(25-28)41-2)38-23-21-37(22-24-38)20-8-7-19-36-34(39)27-14-12-26(13-15-27)30-10-5-6-18-35-30/h3-6,9-18,25H,7-8,19-24H2,1-2H3,(H,36,39). The molecule has 3 aromatic carbocycles. The molecule has 0 unspecified atom stereocenters. The average molecular weight is 551 g/mol.